The van der Waals surface area contributed by atoms with Crippen LogP contribution < -0.4 is 14.2 Å². The molecular formula is C36H46O4. The van der Waals surface area contributed by atoms with Crippen LogP contribution in [0.2, 0.25) is 0 Å². The number of esters is 1. The van der Waals surface area contributed by atoms with Crippen molar-refractivity contribution >= 4 is 5.97 Å². The van der Waals surface area contributed by atoms with Gasteiger partial charge in [0.25, 0.3) is 0 Å². The third-order valence-electron chi connectivity index (χ3n) is 7.17. The Hall–Kier alpha value is -3.53. The van der Waals surface area contributed by atoms with Gasteiger partial charge in [-0.15, -0.1) is 0 Å². The van der Waals surface area contributed by atoms with Gasteiger partial charge in [-0.25, -0.2) is 4.79 Å². The summed E-state index contributed by atoms with van der Waals surface area (Å²) in [4.78, 5) is 12.6. The van der Waals surface area contributed by atoms with Crippen LogP contribution in [0.3, 0.4) is 0 Å². The fourth-order valence-electron chi connectivity index (χ4n) is 4.34. The highest BCUT2D eigenvalue weighted by molar-refractivity contribution is 5.91. The van der Waals surface area contributed by atoms with Gasteiger partial charge in [0.2, 0.25) is 0 Å². The van der Waals surface area contributed by atoms with Crippen molar-refractivity contribution in [2.45, 2.75) is 85.0 Å². The minimum atomic E-state index is -0.385. The Morgan fingerprint density at radius 3 is 2.00 bits per heavy atom. The van der Waals surface area contributed by atoms with Crippen LogP contribution >= 0.6 is 0 Å². The molecule has 1 atom stereocenters. The standard InChI is InChI=1S/C36H46O4/c1-4-6-7-8-9-12-27-38-33-21-15-30(16-22-33)31-17-25-35(26-18-31)40-36(37)32-19-23-34(24-20-32)39-28-13-10-11-14-29(3)5-2/h12,15-27,29H,4-11,13-14,28H2,1-3H3/b27-12+/t29-/m0/s1. The molecule has 0 fully saturated rings. The molecule has 0 aliphatic heterocycles. The van der Waals surface area contributed by atoms with E-state index in [9.17, 15) is 4.79 Å². The average Bonchev–Trinajstić information content (AvgIpc) is 2.99. The van der Waals surface area contributed by atoms with E-state index in [0.29, 0.717) is 17.9 Å². The van der Waals surface area contributed by atoms with Gasteiger partial charge < -0.3 is 14.2 Å². The van der Waals surface area contributed by atoms with E-state index in [4.69, 9.17) is 14.2 Å². The lowest BCUT2D eigenvalue weighted by Gasteiger charge is -2.09. The number of rotatable bonds is 18. The molecule has 0 aliphatic carbocycles. The normalized spacial score (nSPS) is 11.9. The molecule has 0 radical (unpaired) electrons. The number of allylic oxidation sites excluding steroid dienone is 1. The van der Waals surface area contributed by atoms with E-state index in [1.54, 1.807) is 18.4 Å². The zero-order valence-corrected chi connectivity index (χ0v) is 24.6. The average molecular weight is 543 g/mol. The Balaban J connectivity index is 1.40. The molecule has 3 aromatic rings. The predicted octanol–water partition coefficient (Wildman–Crippen LogP) is 10.4. The lowest BCUT2D eigenvalue weighted by Crippen LogP contribution is -2.08. The maximum atomic E-state index is 12.6. The van der Waals surface area contributed by atoms with Crippen molar-refractivity contribution in [2.24, 2.45) is 5.92 Å². The van der Waals surface area contributed by atoms with Crippen LogP contribution in [-0.4, -0.2) is 12.6 Å². The molecule has 0 heterocycles. The summed E-state index contributed by atoms with van der Waals surface area (Å²) in [6.45, 7) is 7.48. The van der Waals surface area contributed by atoms with Gasteiger partial charge >= 0.3 is 5.97 Å². The van der Waals surface area contributed by atoms with Crippen molar-refractivity contribution < 1.29 is 19.0 Å². The molecule has 214 valence electrons. The Labute approximate surface area is 241 Å². The first kappa shape index (κ1) is 31.0. The number of benzene rings is 3. The van der Waals surface area contributed by atoms with Crippen LogP contribution in [0.15, 0.2) is 85.1 Å². The molecule has 0 saturated carbocycles. The lowest BCUT2D eigenvalue weighted by atomic mass is 10.0. The molecule has 4 nitrogen and oxygen atoms in total. The van der Waals surface area contributed by atoms with Crippen LogP contribution in [0.4, 0.5) is 0 Å². The summed E-state index contributed by atoms with van der Waals surface area (Å²) in [6.07, 6.45) is 16.0. The Bertz CT molecular complexity index is 1130. The first-order valence-corrected chi connectivity index (χ1v) is 15.1. The van der Waals surface area contributed by atoms with E-state index in [1.165, 1.54) is 51.4 Å². The second kappa shape index (κ2) is 17.9. The molecule has 0 amide bonds. The molecule has 0 aliphatic rings. The van der Waals surface area contributed by atoms with E-state index in [1.807, 2.05) is 60.7 Å². The van der Waals surface area contributed by atoms with Gasteiger partial charge in [-0.2, -0.15) is 0 Å². The molecule has 4 heteroatoms. The summed E-state index contributed by atoms with van der Waals surface area (Å²) in [5.74, 6) is 2.52. The van der Waals surface area contributed by atoms with Crippen LogP contribution in [0.1, 0.15) is 95.3 Å². The van der Waals surface area contributed by atoms with Crippen LogP contribution in [-0.2, 0) is 0 Å². The van der Waals surface area contributed by atoms with Gasteiger partial charge in [-0.3, -0.25) is 0 Å². The van der Waals surface area contributed by atoms with Crippen molar-refractivity contribution in [3.63, 3.8) is 0 Å². The fourth-order valence-corrected chi connectivity index (χ4v) is 4.34. The van der Waals surface area contributed by atoms with E-state index < -0.39 is 0 Å². The lowest BCUT2D eigenvalue weighted by molar-refractivity contribution is 0.0734. The topological polar surface area (TPSA) is 44.8 Å². The molecule has 0 N–H and O–H groups in total. The van der Waals surface area contributed by atoms with E-state index in [-0.39, 0.29) is 5.97 Å². The first-order chi connectivity index (χ1) is 19.6. The number of ether oxygens (including phenoxy) is 3. The maximum absolute atomic E-state index is 12.6. The predicted molar refractivity (Wildman–Crippen MR) is 165 cm³/mol. The Kier molecular flexibility index (Phi) is 13.9. The van der Waals surface area contributed by atoms with Gasteiger partial charge in [-0.05, 0) is 90.9 Å². The van der Waals surface area contributed by atoms with Crippen molar-refractivity contribution in [1.82, 2.24) is 0 Å². The molecule has 40 heavy (non-hydrogen) atoms. The van der Waals surface area contributed by atoms with Crippen molar-refractivity contribution in [3.05, 3.63) is 90.7 Å². The van der Waals surface area contributed by atoms with E-state index >= 15 is 0 Å². The van der Waals surface area contributed by atoms with Crippen LogP contribution in [0.5, 0.6) is 17.2 Å². The van der Waals surface area contributed by atoms with Crippen LogP contribution in [0.25, 0.3) is 11.1 Å². The molecule has 0 spiro atoms. The third-order valence-corrected chi connectivity index (χ3v) is 7.17. The highest BCUT2D eigenvalue weighted by atomic mass is 16.5. The summed E-state index contributed by atoms with van der Waals surface area (Å²) < 4.78 is 17.1. The largest absolute Gasteiger partial charge is 0.494 e. The van der Waals surface area contributed by atoms with E-state index in [0.717, 1.165) is 41.4 Å². The number of carbonyl (C=O) groups is 1. The third kappa shape index (κ3) is 11.3. The second-order valence-electron chi connectivity index (χ2n) is 10.5. The molecule has 0 unspecified atom stereocenters. The molecule has 0 bridgehead atoms. The van der Waals surface area contributed by atoms with Gasteiger partial charge in [0.05, 0.1) is 18.4 Å². The number of unbranched alkanes of at least 4 members (excludes halogenated alkanes) is 6. The monoisotopic (exact) mass is 542 g/mol. The van der Waals surface area contributed by atoms with Gasteiger partial charge in [0.1, 0.15) is 17.2 Å². The number of hydrogen-bond acceptors (Lipinski definition) is 4. The number of hydrogen-bond donors (Lipinski definition) is 0. The fraction of sp³-hybridized carbons (Fsp3) is 0.417. The molecule has 0 aromatic heterocycles. The molecule has 3 rings (SSSR count). The van der Waals surface area contributed by atoms with Crippen molar-refractivity contribution in [2.75, 3.05) is 6.61 Å². The summed E-state index contributed by atoms with van der Waals surface area (Å²) in [7, 11) is 0. The zero-order chi connectivity index (χ0) is 28.4. The summed E-state index contributed by atoms with van der Waals surface area (Å²) in [5.41, 5.74) is 2.61. The minimum Gasteiger partial charge on any atom is -0.494 e. The summed E-state index contributed by atoms with van der Waals surface area (Å²) in [5, 5.41) is 0. The van der Waals surface area contributed by atoms with E-state index in [2.05, 4.69) is 26.8 Å². The van der Waals surface area contributed by atoms with Crippen molar-refractivity contribution in [1.29, 1.82) is 0 Å². The Morgan fingerprint density at radius 2 is 1.35 bits per heavy atom. The highest BCUT2D eigenvalue weighted by Gasteiger charge is 2.09. The number of carbonyl (C=O) groups excluding carboxylic acids is 1. The zero-order valence-electron chi connectivity index (χ0n) is 24.6. The molecule has 0 saturated heterocycles. The summed E-state index contributed by atoms with van der Waals surface area (Å²) >= 11 is 0. The Morgan fingerprint density at radius 1 is 0.725 bits per heavy atom. The summed E-state index contributed by atoms with van der Waals surface area (Å²) in [6, 6.07) is 22.7. The maximum Gasteiger partial charge on any atom is 0.343 e. The smallest absolute Gasteiger partial charge is 0.343 e. The second-order valence-corrected chi connectivity index (χ2v) is 10.5. The van der Waals surface area contributed by atoms with Crippen LogP contribution in [0, 0.1) is 5.92 Å². The minimum absolute atomic E-state index is 0.385. The highest BCUT2D eigenvalue weighted by Crippen LogP contribution is 2.25. The SMILES string of the molecule is CCCCCC/C=C/Oc1ccc(-c2ccc(OC(=O)c3ccc(OCCCCC[C@@H](C)CC)cc3)cc2)cc1. The van der Waals surface area contributed by atoms with Gasteiger partial charge in [-0.1, -0.05) is 90.0 Å². The van der Waals surface area contributed by atoms with Gasteiger partial charge in [0.15, 0.2) is 0 Å². The quantitative estimate of drug-likeness (QED) is 0.0694. The van der Waals surface area contributed by atoms with Gasteiger partial charge in [0, 0.05) is 0 Å². The molecule has 3 aromatic carbocycles. The molecular weight excluding hydrogens is 496 g/mol. The van der Waals surface area contributed by atoms with Crippen molar-refractivity contribution in [3.8, 4) is 28.4 Å². The first-order valence-electron chi connectivity index (χ1n) is 15.1.